The number of ether oxygens (including phenoxy) is 1. The lowest BCUT2D eigenvalue weighted by atomic mass is 10.0. The van der Waals surface area contributed by atoms with E-state index >= 15 is 0 Å². The fraction of sp³-hybridized carbons (Fsp3) is 0.333. The smallest absolute Gasteiger partial charge is 0.343 e. The van der Waals surface area contributed by atoms with Gasteiger partial charge in [-0.15, -0.1) is 0 Å². The summed E-state index contributed by atoms with van der Waals surface area (Å²) in [4.78, 5) is 24.1. The maximum absolute atomic E-state index is 13.1. The summed E-state index contributed by atoms with van der Waals surface area (Å²) in [6, 6.07) is 11.4. The van der Waals surface area contributed by atoms with Crippen LogP contribution in [0.15, 0.2) is 48.5 Å². The van der Waals surface area contributed by atoms with Crippen molar-refractivity contribution in [2.24, 2.45) is 0 Å². The van der Waals surface area contributed by atoms with E-state index < -0.39 is 17.9 Å². The lowest BCUT2D eigenvalue weighted by Gasteiger charge is -2.10. The van der Waals surface area contributed by atoms with Gasteiger partial charge in [-0.25, -0.2) is 9.18 Å². The highest BCUT2D eigenvalue weighted by atomic mass is 19.1. The lowest BCUT2D eigenvalue weighted by molar-refractivity contribution is 0.0734. The van der Waals surface area contributed by atoms with Gasteiger partial charge in [0.05, 0.1) is 11.7 Å². The van der Waals surface area contributed by atoms with E-state index in [1.54, 1.807) is 12.1 Å². The third kappa shape index (κ3) is 6.08. The molecule has 0 aliphatic heterocycles. The van der Waals surface area contributed by atoms with Crippen LogP contribution in [0.1, 0.15) is 59.7 Å². The zero-order chi connectivity index (χ0) is 18.9. The predicted molar refractivity (Wildman–Crippen MR) is 96.9 cm³/mol. The van der Waals surface area contributed by atoms with Gasteiger partial charge in [0.15, 0.2) is 5.78 Å². The second-order valence-corrected chi connectivity index (χ2v) is 6.20. The molecule has 2 rings (SSSR count). The van der Waals surface area contributed by atoms with Gasteiger partial charge in [-0.2, -0.15) is 0 Å². The molecule has 26 heavy (non-hydrogen) atoms. The van der Waals surface area contributed by atoms with Crippen molar-refractivity contribution in [2.75, 3.05) is 0 Å². The SMILES string of the molecule is CCCCCC(O)CC(=O)c1ccc(OC(=O)c2cccc(F)c2)cc1. The first kappa shape index (κ1) is 19.8. The summed E-state index contributed by atoms with van der Waals surface area (Å²) in [7, 11) is 0. The highest BCUT2D eigenvalue weighted by Gasteiger charge is 2.14. The quantitative estimate of drug-likeness (QED) is 0.309. The van der Waals surface area contributed by atoms with Crippen LogP contribution in [-0.4, -0.2) is 23.0 Å². The number of hydrogen-bond donors (Lipinski definition) is 1. The normalized spacial score (nSPS) is 11.8. The highest BCUT2D eigenvalue weighted by Crippen LogP contribution is 2.17. The standard InChI is InChI=1S/C21H23FO4/c1-2-3-4-8-18(23)14-20(24)15-9-11-19(12-10-15)26-21(25)16-6-5-7-17(22)13-16/h5-7,9-13,18,23H,2-4,8,14H2,1H3. The van der Waals surface area contributed by atoms with Gasteiger partial charge in [0.2, 0.25) is 0 Å². The first-order valence-corrected chi connectivity index (χ1v) is 8.78. The van der Waals surface area contributed by atoms with Crippen LogP contribution in [0.25, 0.3) is 0 Å². The highest BCUT2D eigenvalue weighted by molar-refractivity contribution is 5.96. The molecule has 0 aliphatic rings. The number of benzene rings is 2. The Morgan fingerprint density at radius 3 is 2.46 bits per heavy atom. The fourth-order valence-corrected chi connectivity index (χ4v) is 2.55. The minimum Gasteiger partial charge on any atom is -0.423 e. The van der Waals surface area contributed by atoms with E-state index in [-0.39, 0.29) is 23.5 Å². The Kier molecular flexibility index (Phi) is 7.48. The number of hydrogen-bond acceptors (Lipinski definition) is 4. The number of ketones is 1. The van der Waals surface area contributed by atoms with Gasteiger partial charge < -0.3 is 9.84 Å². The molecule has 0 saturated carbocycles. The summed E-state index contributed by atoms with van der Waals surface area (Å²) in [5.74, 6) is -1.08. The first-order valence-electron chi connectivity index (χ1n) is 8.78. The van der Waals surface area contributed by atoms with Crippen molar-refractivity contribution in [3.8, 4) is 5.75 Å². The van der Waals surface area contributed by atoms with Crippen LogP contribution < -0.4 is 4.74 Å². The van der Waals surface area contributed by atoms with Crippen LogP contribution in [0, 0.1) is 5.82 Å². The van der Waals surface area contributed by atoms with E-state index in [4.69, 9.17) is 4.74 Å². The van der Waals surface area contributed by atoms with Crippen molar-refractivity contribution >= 4 is 11.8 Å². The van der Waals surface area contributed by atoms with Gasteiger partial charge >= 0.3 is 5.97 Å². The monoisotopic (exact) mass is 358 g/mol. The lowest BCUT2D eigenvalue weighted by Crippen LogP contribution is -2.13. The van der Waals surface area contributed by atoms with Gasteiger partial charge in [0, 0.05) is 12.0 Å². The van der Waals surface area contributed by atoms with Crippen LogP contribution in [0.4, 0.5) is 4.39 Å². The van der Waals surface area contributed by atoms with E-state index in [9.17, 15) is 19.1 Å². The molecule has 2 aromatic rings. The van der Waals surface area contributed by atoms with E-state index in [0.717, 1.165) is 25.3 Å². The molecule has 138 valence electrons. The van der Waals surface area contributed by atoms with Gasteiger partial charge in [-0.3, -0.25) is 4.79 Å². The minimum atomic E-state index is -0.671. The molecular weight excluding hydrogens is 335 g/mol. The summed E-state index contributed by atoms with van der Waals surface area (Å²) in [6.45, 7) is 2.08. The van der Waals surface area contributed by atoms with E-state index in [2.05, 4.69) is 6.92 Å². The Hall–Kier alpha value is -2.53. The molecule has 1 unspecified atom stereocenters. The number of esters is 1. The van der Waals surface area contributed by atoms with Crippen molar-refractivity contribution in [3.05, 3.63) is 65.5 Å². The summed E-state index contributed by atoms with van der Waals surface area (Å²) in [6.07, 6.45) is 3.06. The number of aliphatic hydroxyl groups excluding tert-OH is 1. The maximum atomic E-state index is 13.1. The fourth-order valence-electron chi connectivity index (χ4n) is 2.55. The van der Waals surface area contributed by atoms with Crippen molar-refractivity contribution in [2.45, 2.75) is 45.1 Å². The van der Waals surface area contributed by atoms with Gasteiger partial charge in [-0.05, 0) is 48.9 Å². The van der Waals surface area contributed by atoms with Crippen molar-refractivity contribution in [3.63, 3.8) is 0 Å². The van der Waals surface area contributed by atoms with Gasteiger partial charge in [-0.1, -0.05) is 32.3 Å². The van der Waals surface area contributed by atoms with Crippen molar-refractivity contribution < 1.29 is 23.8 Å². The molecule has 0 aliphatic carbocycles. The molecule has 0 amide bonds. The average Bonchev–Trinajstić information content (AvgIpc) is 2.62. The molecule has 0 radical (unpaired) electrons. The third-order valence-corrected chi connectivity index (χ3v) is 4.01. The molecule has 0 aromatic heterocycles. The van der Waals surface area contributed by atoms with Crippen molar-refractivity contribution in [1.82, 2.24) is 0 Å². The van der Waals surface area contributed by atoms with Crippen molar-refractivity contribution in [1.29, 1.82) is 0 Å². The molecule has 0 bridgehead atoms. The van der Waals surface area contributed by atoms with Gasteiger partial charge in [0.25, 0.3) is 0 Å². The molecule has 0 spiro atoms. The zero-order valence-corrected chi connectivity index (χ0v) is 14.8. The Bertz CT molecular complexity index is 740. The van der Waals surface area contributed by atoms with Crippen LogP contribution in [0.3, 0.4) is 0 Å². The number of rotatable bonds is 9. The minimum absolute atomic E-state index is 0.0755. The Balaban J connectivity index is 1.91. The third-order valence-electron chi connectivity index (χ3n) is 4.01. The number of unbranched alkanes of at least 4 members (excludes halogenated alkanes) is 2. The van der Waals surface area contributed by atoms with Crippen LogP contribution in [-0.2, 0) is 0 Å². The molecule has 2 aromatic carbocycles. The van der Waals surface area contributed by atoms with E-state index in [0.29, 0.717) is 12.0 Å². The van der Waals surface area contributed by atoms with Crippen LogP contribution in [0.5, 0.6) is 5.75 Å². The molecule has 0 fully saturated rings. The first-order chi connectivity index (χ1) is 12.5. The largest absolute Gasteiger partial charge is 0.423 e. The number of carbonyl (C=O) groups is 2. The van der Waals surface area contributed by atoms with Crippen LogP contribution in [0.2, 0.25) is 0 Å². The molecule has 0 saturated heterocycles. The Morgan fingerprint density at radius 1 is 1.08 bits per heavy atom. The number of halogens is 1. The topological polar surface area (TPSA) is 63.6 Å². The molecule has 1 atom stereocenters. The second kappa shape index (κ2) is 9.82. The Morgan fingerprint density at radius 2 is 1.81 bits per heavy atom. The molecule has 5 heteroatoms. The number of Topliss-reactive ketones (excluding diaryl/α,β-unsaturated/α-hetero) is 1. The van der Waals surface area contributed by atoms with Gasteiger partial charge in [0.1, 0.15) is 11.6 Å². The average molecular weight is 358 g/mol. The maximum Gasteiger partial charge on any atom is 0.343 e. The Labute approximate surface area is 152 Å². The van der Waals surface area contributed by atoms with Crippen LogP contribution >= 0.6 is 0 Å². The molecular formula is C21H23FO4. The molecule has 4 nitrogen and oxygen atoms in total. The summed E-state index contributed by atoms with van der Waals surface area (Å²) < 4.78 is 18.3. The predicted octanol–water partition coefficient (Wildman–Crippen LogP) is 4.56. The summed E-state index contributed by atoms with van der Waals surface area (Å²) in [5.41, 5.74) is 0.561. The molecule has 0 heterocycles. The van der Waals surface area contributed by atoms with E-state index in [1.807, 2.05) is 0 Å². The summed E-state index contributed by atoms with van der Waals surface area (Å²) >= 11 is 0. The zero-order valence-electron chi connectivity index (χ0n) is 14.8. The number of aliphatic hydroxyl groups is 1. The van der Waals surface area contributed by atoms with E-state index in [1.165, 1.54) is 30.3 Å². The molecule has 1 N–H and O–H groups in total. The summed E-state index contributed by atoms with van der Waals surface area (Å²) in [5, 5.41) is 9.91. The second-order valence-electron chi connectivity index (χ2n) is 6.20. The number of carbonyl (C=O) groups excluding carboxylic acids is 2.